The minimum atomic E-state index is -0.451. The molecule has 0 aromatic carbocycles. The molecule has 0 amide bonds. The van der Waals surface area contributed by atoms with Crippen molar-refractivity contribution in [3.05, 3.63) is 0 Å². The quantitative estimate of drug-likeness (QED) is 0.0844. The second kappa shape index (κ2) is 24.4. The Kier molecular flexibility index (Phi) is 23.9. The van der Waals surface area contributed by atoms with E-state index in [9.17, 15) is 9.59 Å². The summed E-state index contributed by atoms with van der Waals surface area (Å²) in [5, 5.41) is 0. The van der Waals surface area contributed by atoms with Crippen LogP contribution in [0, 0.1) is 5.92 Å². The van der Waals surface area contributed by atoms with Gasteiger partial charge in [-0.3, -0.25) is 9.59 Å². The Morgan fingerprint density at radius 2 is 1.18 bits per heavy atom. The van der Waals surface area contributed by atoms with Crippen molar-refractivity contribution < 1.29 is 19.1 Å². The molecule has 5 heteroatoms. The maximum Gasteiger partial charge on any atom is 0.306 e. The first-order valence-corrected chi connectivity index (χ1v) is 14.6. The maximum atomic E-state index is 12.1. The third-order valence-electron chi connectivity index (χ3n) is 6.28. The molecule has 0 aliphatic heterocycles. The Morgan fingerprint density at radius 1 is 0.667 bits per heavy atom. The zero-order valence-corrected chi connectivity index (χ0v) is 23.0. The second-order valence-electron chi connectivity index (χ2n) is 9.76. The van der Waals surface area contributed by atoms with Crippen LogP contribution in [0.1, 0.15) is 143 Å². The van der Waals surface area contributed by atoms with E-state index in [4.69, 9.17) is 9.47 Å². The van der Waals surface area contributed by atoms with Gasteiger partial charge in [0.1, 0.15) is 12.7 Å². The molecule has 0 spiro atoms. The molecule has 0 aromatic rings. The average molecular weight is 487 g/mol. The van der Waals surface area contributed by atoms with Gasteiger partial charge in [0.2, 0.25) is 0 Å². The van der Waals surface area contributed by atoms with Gasteiger partial charge in [0.25, 0.3) is 0 Å². The van der Waals surface area contributed by atoms with E-state index in [1.165, 1.54) is 83.5 Å². The van der Waals surface area contributed by atoms with Crippen LogP contribution in [-0.4, -0.2) is 30.4 Å². The molecule has 4 nitrogen and oxygen atoms in total. The van der Waals surface area contributed by atoms with E-state index in [1.807, 2.05) is 0 Å². The van der Waals surface area contributed by atoms with Crippen LogP contribution in [0.4, 0.5) is 0 Å². The molecule has 33 heavy (non-hydrogen) atoms. The van der Waals surface area contributed by atoms with Gasteiger partial charge in [-0.1, -0.05) is 117 Å². The predicted molar refractivity (Wildman–Crippen MR) is 143 cm³/mol. The number of ether oxygens (including phenoxy) is 2. The van der Waals surface area contributed by atoms with Gasteiger partial charge in [-0.15, -0.1) is 0 Å². The van der Waals surface area contributed by atoms with Gasteiger partial charge in [-0.25, -0.2) is 0 Å². The molecule has 196 valence electrons. The van der Waals surface area contributed by atoms with Crippen LogP contribution in [0.15, 0.2) is 0 Å². The summed E-state index contributed by atoms with van der Waals surface area (Å²) in [4.78, 5) is 24.0. The topological polar surface area (TPSA) is 52.6 Å². The van der Waals surface area contributed by atoms with Crippen LogP contribution in [0.3, 0.4) is 0 Å². The monoisotopic (exact) mass is 486 g/mol. The highest BCUT2D eigenvalue weighted by atomic mass is 32.1. The first-order valence-electron chi connectivity index (χ1n) is 14.0. The van der Waals surface area contributed by atoms with Crippen molar-refractivity contribution in [2.75, 3.05) is 12.4 Å². The molecule has 0 saturated heterocycles. The van der Waals surface area contributed by atoms with Crippen molar-refractivity contribution in [3.8, 4) is 0 Å². The van der Waals surface area contributed by atoms with Crippen LogP contribution in [0.25, 0.3) is 0 Å². The summed E-state index contributed by atoms with van der Waals surface area (Å²) in [7, 11) is 0. The number of esters is 2. The molecule has 0 saturated carbocycles. The van der Waals surface area contributed by atoms with Gasteiger partial charge >= 0.3 is 11.9 Å². The highest BCUT2D eigenvalue weighted by Gasteiger charge is 2.15. The van der Waals surface area contributed by atoms with Gasteiger partial charge in [-0.05, 0) is 18.8 Å². The highest BCUT2D eigenvalue weighted by molar-refractivity contribution is 7.80. The lowest BCUT2D eigenvalue weighted by Crippen LogP contribution is -2.26. The summed E-state index contributed by atoms with van der Waals surface area (Å²) in [5.74, 6) is 0.816. The number of rotatable bonds is 24. The Hall–Kier alpha value is -0.710. The summed E-state index contributed by atoms with van der Waals surface area (Å²) in [6.45, 7) is 6.95. The summed E-state index contributed by atoms with van der Waals surface area (Å²) in [5.41, 5.74) is 0. The van der Waals surface area contributed by atoms with Crippen molar-refractivity contribution in [2.24, 2.45) is 5.92 Å². The zero-order chi connectivity index (χ0) is 24.6. The zero-order valence-electron chi connectivity index (χ0n) is 22.1. The summed E-state index contributed by atoms with van der Waals surface area (Å²) in [6, 6.07) is 0. The van der Waals surface area contributed by atoms with E-state index >= 15 is 0 Å². The SMILES string of the molecule is CCCCCCCCCCC(=O)OC[C@H](CS)OC(=O)CCCCCCCC[C@@H](C)CCC. The highest BCUT2D eigenvalue weighted by Crippen LogP contribution is 2.16. The van der Waals surface area contributed by atoms with Crippen molar-refractivity contribution in [3.63, 3.8) is 0 Å². The molecular weight excluding hydrogens is 432 g/mol. The van der Waals surface area contributed by atoms with Gasteiger partial charge < -0.3 is 9.47 Å². The molecule has 2 atom stereocenters. The Labute approximate surface area is 210 Å². The standard InChI is InChI=1S/C28H54O4S/c1-4-6-7-8-9-10-14-17-21-27(29)31-23-26(24-33)32-28(30)22-18-15-12-11-13-16-20-25(3)19-5-2/h25-26,33H,4-24H2,1-3H3/t25-,26+/m0/s1. The minimum absolute atomic E-state index is 0.113. The fourth-order valence-corrected chi connectivity index (χ4v) is 4.32. The Morgan fingerprint density at radius 3 is 1.73 bits per heavy atom. The molecule has 0 unspecified atom stereocenters. The summed E-state index contributed by atoms with van der Waals surface area (Å²) >= 11 is 4.24. The van der Waals surface area contributed by atoms with Crippen molar-refractivity contribution in [1.82, 2.24) is 0 Å². The van der Waals surface area contributed by atoms with Crippen LogP contribution >= 0.6 is 12.6 Å². The maximum absolute atomic E-state index is 12.1. The van der Waals surface area contributed by atoms with E-state index in [0.717, 1.165) is 31.6 Å². The first-order chi connectivity index (χ1) is 16.0. The molecule has 0 bridgehead atoms. The molecule has 0 aliphatic carbocycles. The second-order valence-corrected chi connectivity index (χ2v) is 10.1. The normalized spacial score (nSPS) is 13.0. The lowest BCUT2D eigenvalue weighted by molar-refractivity contribution is -0.157. The summed E-state index contributed by atoms with van der Waals surface area (Å²) in [6.07, 6.45) is 21.0. The molecule has 0 rings (SSSR count). The van der Waals surface area contributed by atoms with Crippen LogP contribution in [0.2, 0.25) is 0 Å². The lowest BCUT2D eigenvalue weighted by Gasteiger charge is -2.16. The average Bonchev–Trinajstić information content (AvgIpc) is 2.80. The third kappa shape index (κ3) is 22.8. The third-order valence-corrected chi connectivity index (χ3v) is 6.68. The Balaban J connectivity index is 3.65. The molecule has 0 heterocycles. The molecule has 0 fully saturated rings. The predicted octanol–water partition coefficient (Wildman–Crippen LogP) is 8.46. The number of thiol groups is 1. The van der Waals surface area contributed by atoms with Crippen LogP contribution < -0.4 is 0 Å². The number of carbonyl (C=O) groups is 2. The van der Waals surface area contributed by atoms with E-state index in [2.05, 4.69) is 33.4 Å². The first kappa shape index (κ1) is 32.3. The minimum Gasteiger partial charge on any atom is -0.462 e. The van der Waals surface area contributed by atoms with Crippen molar-refractivity contribution in [1.29, 1.82) is 0 Å². The lowest BCUT2D eigenvalue weighted by atomic mass is 9.98. The van der Waals surface area contributed by atoms with E-state index in [-0.39, 0.29) is 18.5 Å². The van der Waals surface area contributed by atoms with E-state index in [1.54, 1.807) is 0 Å². The van der Waals surface area contributed by atoms with Crippen molar-refractivity contribution >= 4 is 24.6 Å². The van der Waals surface area contributed by atoms with Crippen LogP contribution in [0.5, 0.6) is 0 Å². The largest absolute Gasteiger partial charge is 0.462 e. The number of hydrogen-bond donors (Lipinski definition) is 1. The number of hydrogen-bond acceptors (Lipinski definition) is 5. The number of unbranched alkanes of at least 4 members (excludes halogenated alkanes) is 12. The molecule has 0 aromatic heterocycles. The molecular formula is C28H54O4S. The van der Waals surface area contributed by atoms with E-state index in [0.29, 0.717) is 18.6 Å². The molecule has 0 radical (unpaired) electrons. The van der Waals surface area contributed by atoms with Crippen molar-refractivity contribution in [2.45, 2.75) is 149 Å². The van der Waals surface area contributed by atoms with Gasteiger partial charge in [-0.2, -0.15) is 12.6 Å². The molecule has 0 N–H and O–H groups in total. The fourth-order valence-electron chi connectivity index (χ4n) is 4.14. The summed E-state index contributed by atoms with van der Waals surface area (Å²) < 4.78 is 10.7. The van der Waals surface area contributed by atoms with Gasteiger partial charge in [0.05, 0.1) is 0 Å². The van der Waals surface area contributed by atoms with Gasteiger partial charge in [0.15, 0.2) is 0 Å². The Bertz CT molecular complexity index is 455. The molecule has 0 aliphatic rings. The fraction of sp³-hybridized carbons (Fsp3) is 0.929. The van der Waals surface area contributed by atoms with Crippen LogP contribution in [-0.2, 0) is 19.1 Å². The smallest absolute Gasteiger partial charge is 0.306 e. The van der Waals surface area contributed by atoms with Gasteiger partial charge in [0, 0.05) is 18.6 Å². The van der Waals surface area contributed by atoms with E-state index < -0.39 is 6.10 Å². The number of carbonyl (C=O) groups excluding carboxylic acids is 2.